The summed E-state index contributed by atoms with van der Waals surface area (Å²) in [5, 5.41) is 0.454. The number of rotatable bonds is 9. The first kappa shape index (κ1) is 22.9. The van der Waals surface area contributed by atoms with Gasteiger partial charge in [0, 0.05) is 32.3 Å². The molecule has 0 unspecified atom stereocenters. The standard InChI is InChI=1S/C24H29F2N3O2/c1-5-31-16-22(18-9-7-6-8-10-18)29-17(2)27-21-12-11-19(15-20(21)23(29)30)28(4)14-13-24(3,25)26/h6-12,15,22H,5,13-14,16H2,1-4H3/t22-/m1/s1. The van der Waals surface area contributed by atoms with Crippen molar-refractivity contribution in [1.82, 2.24) is 9.55 Å². The molecule has 31 heavy (non-hydrogen) atoms. The van der Waals surface area contributed by atoms with Gasteiger partial charge in [0.15, 0.2) is 0 Å². The fourth-order valence-corrected chi connectivity index (χ4v) is 3.62. The molecule has 0 spiro atoms. The van der Waals surface area contributed by atoms with Crippen LogP contribution >= 0.6 is 0 Å². The minimum absolute atomic E-state index is 0.174. The van der Waals surface area contributed by atoms with Crippen molar-refractivity contribution in [2.75, 3.05) is 31.7 Å². The van der Waals surface area contributed by atoms with Crippen molar-refractivity contribution in [3.63, 3.8) is 0 Å². The lowest BCUT2D eigenvalue weighted by Gasteiger charge is -2.24. The molecule has 0 amide bonds. The van der Waals surface area contributed by atoms with Gasteiger partial charge in [-0.2, -0.15) is 0 Å². The van der Waals surface area contributed by atoms with E-state index in [1.165, 1.54) is 0 Å². The van der Waals surface area contributed by atoms with E-state index in [2.05, 4.69) is 4.98 Å². The average molecular weight is 430 g/mol. The molecule has 0 N–H and O–H groups in total. The highest BCUT2D eigenvalue weighted by atomic mass is 19.3. The van der Waals surface area contributed by atoms with Gasteiger partial charge in [0.25, 0.3) is 5.56 Å². The largest absolute Gasteiger partial charge is 0.379 e. The Hall–Kier alpha value is -2.80. The van der Waals surface area contributed by atoms with Crippen LogP contribution in [0.5, 0.6) is 0 Å². The van der Waals surface area contributed by atoms with E-state index in [1.807, 2.05) is 44.2 Å². The molecule has 0 radical (unpaired) electrons. The summed E-state index contributed by atoms with van der Waals surface area (Å²) in [6.45, 7) is 5.70. The lowest BCUT2D eigenvalue weighted by atomic mass is 10.1. The SMILES string of the molecule is CCOC[C@H](c1ccccc1)n1c(C)nc2ccc(N(C)CCC(C)(F)F)cc2c1=O. The summed E-state index contributed by atoms with van der Waals surface area (Å²) in [6.07, 6.45) is -0.262. The molecule has 1 aromatic heterocycles. The molecule has 5 nitrogen and oxygen atoms in total. The highest BCUT2D eigenvalue weighted by molar-refractivity contribution is 5.82. The average Bonchev–Trinajstić information content (AvgIpc) is 2.74. The van der Waals surface area contributed by atoms with Crippen LogP contribution in [0.25, 0.3) is 10.9 Å². The van der Waals surface area contributed by atoms with Crippen molar-refractivity contribution in [1.29, 1.82) is 0 Å². The zero-order valence-electron chi connectivity index (χ0n) is 18.4. The molecule has 3 rings (SSSR count). The van der Waals surface area contributed by atoms with E-state index < -0.39 is 5.92 Å². The van der Waals surface area contributed by atoms with Crippen LogP contribution in [0.4, 0.5) is 14.5 Å². The molecular weight excluding hydrogens is 400 g/mol. The van der Waals surface area contributed by atoms with Crippen molar-refractivity contribution < 1.29 is 13.5 Å². The maximum absolute atomic E-state index is 13.5. The van der Waals surface area contributed by atoms with E-state index >= 15 is 0 Å². The summed E-state index contributed by atoms with van der Waals surface area (Å²) in [5.74, 6) is -2.14. The zero-order valence-corrected chi connectivity index (χ0v) is 18.4. The van der Waals surface area contributed by atoms with Gasteiger partial charge in [-0.05, 0) is 44.5 Å². The van der Waals surface area contributed by atoms with Crippen LogP contribution in [-0.4, -0.2) is 42.3 Å². The maximum atomic E-state index is 13.5. The van der Waals surface area contributed by atoms with Crippen LogP contribution in [0.2, 0.25) is 0 Å². The minimum Gasteiger partial charge on any atom is -0.379 e. The molecule has 166 valence electrons. The second-order valence-corrected chi connectivity index (χ2v) is 7.86. The molecule has 0 fully saturated rings. The van der Waals surface area contributed by atoms with Crippen molar-refractivity contribution in [2.24, 2.45) is 0 Å². The predicted molar refractivity (Wildman–Crippen MR) is 120 cm³/mol. The number of benzene rings is 2. The van der Waals surface area contributed by atoms with E-state index in [0.717, 1.165) is 12.5 Å². The van der Waals surface area contributed by atoms with Crippen LogP contribution in [0, 0.1) is 6.92 Å². The van der Waals surface area contributed by atoms with E-state index in [4.69, 9.17) is 4.74 Å². The molecule has 0 bridgehead atoms. The number of alkyl halides is 2. The van der Waals surface area contributed by atoms with Gasteiger partial charge < -0.3 is 9.64 Å². The highest BCUT2D eigenvalue weighted by Crippen LogP contribution is 2.24. The number of aryl methyl sites for hydroxylation is 1. The first-order valence-electron chi connectivity index (χ1n) is 10.5. The smallest absolute Gasteiger partial charge is 0.262 e. The molecule has 7 heteroatoms. The number of anilines is 1. The summed E-state index contributed by atoms with van der Waals surface area (Å²) >= 11 is 0. The van der Waals surface area contributed by atoms with E-state index in [9.17, 15) is 13.6 Å². The molecule has 1 heterocycles. The molecule has 0 aliphatic heterocycles. The number of fused-ring (bicyclic) bond motifs is 1. The molecule has 0 aliphatic carbocycles. The molecule has 3 aromatic rings. The van der Waals surface area contributed by atoms with Gasteiger partial charge in [-0.15, -0.1) is 0 Å². The lowest BCUT2D eigenvalue weighted by Crippen LogP contribution is -2.31. The Kier molecular flexibility index (Phi) is 7.05. The van der Waals surface area contributed by atoms with Crippen molar-refractivity contribution >= 4 is 16.6 Å². The van der Waals surface area contributed by atoms with E-state index in [0.29, 0.717) is 35.6 Å². The lowest BCUT2D eigenvalue weighted by molar-refractivity contribution is 0.0153. The Balaban J connectivity index is 2.06. The Morgan fingerprint density at radius 3 is 2.55 bits per heavy atom. The van der Waals surface area contributed by atoms with Crippen LogP contribution < -0.4 is 10.5 Å². The van der Waals surface area contributed by atoms with Crippen molar-refractivity contribution in [3.8, 4) is 0 Å². The van der Waals surface area contributed by atoms with Crippen LogP contribution in [0.15, 0.2) is 53.3 Å². The highest BCUT2D eigenvalue weighted by Gasteiger charge is 2.22. The second-order valence-electron chi connectivity index (χ2n) is 7.86. The van der Waals surface area contributed by atoms with Crippen LogP contribution in [0.1, 0.15) is 37.7 Å². The number of halogens is 2. The maximum Gasteiger partial charge on any atom is 0.262 e. The molecule has 0 saturated carbocycles. The molecule has 2 aromatic carbocycles. The van der Waals surface area contributed by atoms with Gasteiger partial charge in [-0.3, -0.25) is 9.36 Å². The Morgan fingerprint density at radius 1 is 1.19 bits per heavy atom. The zero-order chi connectivity index (χ0) is 22.6. The van der Waals surface area contributed by atoms with Crippen molar-refractivity contribution in [2.45, 2.75) is 39.2 Å². The predicted octanol–water partition coefficient (Wildman–Crippen LogP) is 4.81. The fourth-order valence-electron chi connectivity index (χ4n) is 3.62. The van der Waals surface area contributed by atoms with E-state index in [1.54, 1.807) is 34.7 Å². The number of hydrogen-bond acceptors (Lipinski definition) is 4. The normalized spacial score (nSPS) is 12.8. The molecule has 0 saturated heterocycles. The third-order valence-corrected chi connectivity index (χ3v) is 5.36. The van der Waals surface area contributed by atoms with Crippen LogP contribution in [0.3, 0.4) is 0 Å². The summed E-state index contributed by atoms with van der Waals surface area (Å²) in [5.41, 5.74) is 2.07. The van der Waals surface area contributed by atoms with Gasteiger partial charge in [0.1, 0.15) is 5.82 Å². The number of ether oxygens (including phenoxy) is 1. The van der Waals surface area contributed by atoms with Gasteiger partial charge in [-0.25, -0.2) is 13.8 Å². The van der Waals surface area contributed by atoms with E-state index in [-0.39, 0.29) is 24.6 Å². The Morgan fingerprint density at radius 2 is 1.90 bits per heavy atom. The second kappa shape index (κ2) is 9.56. The van der Waals surface area contributed by atoms with Gasteiger partial charge in [0.05, 0.1) is 23.6 Å². The Labute approximate surface area is 181 Å². The summed E-state index contributed by atoms with van der Waals surface area (Å²) in [6, 6.07) is 14.7. The monoisotopic (exact) mass is 429 g/mol. The summed E-state index contributed by atoms with van der Waals surface area (Å²) in [7, 11) is 1.74. The third kappa shape index (κ3) is 5.47. The Bertz CT molecular complexity index is 1080. The van der Waals surface area contributed by atoms with Gasteiger partial charge >= 0.3 is 0 Å². The topological polar surface area (TPSA) is 47.4 Å². The quantitative estimate of drug-likeness (QED) is 0.490. The fraction of sp³-hybridized carbons (Fsp3) is 0.417. The molecular formula is C24H29F2N3O2. The van der Waals surface area contributed by atoms with Crippen LogP contribution in [-0.2, 0) is 4.74 Å². The van der Waals surface area contributed by atoms with Gasteiger partial charge in [-0.1, -0.05) is 30.3 Å². The number of hydrogen-bond donors (Lipinski definition) is 0. The number of aromatic nitrogens is 2. The molecule has 0 aliphatic rings. The summed E-state index contributed by atoms with van der Waals surface area (Å²) in [4.78, 5) is 19.9. The minimum atomic E-state index is -2.74. The summed E-state index contributed by atoms with van der Waals surface area (Å²) < 4.78 is 33.9. The molecule has 1 atom stereocenters. The van der Waals surface area contributed by atoms with Gasteiger partial charge in [0.2, 0.25) is 5.92 Å². The van der Waals surface area contributed by atoms with Crippen molar-refractivity contribution in [3.05, 3.63) is 70.3 Å². The first-order chi connectivity index (χ1) is 14.7. The third-order valence-electron chi connectivity index (χ3n) is 5.36. The number of nitrogens with zero attached hydrogens (tertiary/aromatic N) is 3. The first-order valence-corrected chi connectivity index (χ1v) is 10.5.